The molecule has 2 aromatic carbocycles. The van der Waals surface area contributed by atoms with Gasteiger partial charge >= 0.3 is 18.2 Å². The number of carbonyl (C=O) groups is 2. The van der Waals surface area contributed by atoms with Crippen molar-refractivity contribution in [3.63, 3.8) is 0 Å². The third kappa shape index (κ3) is 5.59. The lowest BCUT2D eigenvalue weighted by Crippen LogP contribution is -2.27. The second kappa shape index (κ2) is 9.42. The Labute approximate surface area is 206 Å². The summed E-state index contributed by atoms with van der Waals surface area (Å²) in [5.41, 5.74) is 0.114. The summed E-state index contributed by atoms with van der Waals surface area (Å²) in [5.74, 6) is -0.570. The van der Waals surface area contributed by atoms with Gasteiger partial charge in [0.05, 0.1) is 11.8 Å². The number of alkyl halides is 3. The van der Waals surface area contributed by atoms with Gasteiger partial charge in [-0.25, -0.2) is 9.59 Å². The van der Waals surface area contributed by atoms with E-state index >= 15 is 0 Å². The maximum absolute atomic E-state index is 13.3. The van der Waals surface area contributed by atoms with E-state index in [4.69, 9.17) is 9.47 Å². The van der Waals surface area contributed by atoms with Crippen molar-refractivity contribution >= 4 is 12.1 Å². The number of ether oxygens (including phenoxy) is 2. The molecule has 0 N–H and O–H groups in total. The molecule has 1 aliphatic heterocycles. The van der Waals surface area contributed by atoms with Crippen molar-refractivity contribution in [2.75, 3.05) is 6.54 Å². The van der Waals surface area contributed by atoms with Crippen LogP contribution in [0.25, 0.3) is 11.3 Å². The zero-order valence-electron chi connectivity index (χ0n) is 20.3. The van der Waals surface area contributed by atoms with Gasteiger partial charge in [0.25, 0.3) is 0 Å². The normalized spacial score (nSPS) is 14.0. The predicted molar refractivity (Wildman–Crippen MR) is 125 cm³/mol. The lowest BCUT2D eigenvalue weighted by atomic mass is 10.0. The molecule has 3 aromatic rings. The Morgan fingerprint density at radius 3 is 2.42 bits per heavy atom. The summed E-state index contributed by atoms with van der Waals surface area (Å²) in [4.78, 5) is 28.0. The summed E-state index contributed by atoms with van der Waals surface area (Å²) in [6, 6.07) is 9.68. The molecule has 10 heteroatoms. The first kappa shape index (κ1) is 25.4. The molecule has 0 unspecified atom stereocenters. The highest BCUT2D eigenvalue weighted by molar-refractivity contribution is 5.98. The zero-order chi connectivity index (χ0) is 26.3. The first-order chi connectivity index (χ1) is 16.8. The van der Waals surface area contributed by atoms with Crippen LogP contribution in [0.15, 0.2) is 48.7 Å². The van der Waals surface area contributed by atoms with Gasteiger partial charge in [-0.1, -0.05) is 25.1 Å². The maximum atomic E-state index is 13.3. The second-order valence-corrected chi connectivity index (χ2v) is 9.52. The highest BCUT2D eigenvalue weighted by atomic mass is 19.4. The summed E-state index contributed by atoms with van der Waals surface area (Å²) >= 11 is 0. The van der Waals surface area contributed by atoms with E-state index in [1.165, 1.54) is 12.1 Å². The highest BCUT2D eigenvalue weighted by Gasteiger charge is 2.32. The van der Waals surface area contributed by atoms with Crippen LogP contribution in [0.5, 0.6) is 5.75 Å². The fourth-order valence-electron chi connectivity index (χ4n) is 3.87. The third-order valence-corrected chi connectivity index (χ3v) is 5.60. The Hall–Kier alpha value is -3.66. The molecule has 0 radical (unpaired) electrons. The number of halogens is 3. The van der Waals surface area contributed by atoms with Gasteiger partial charge < -0.3 is 9.47 Å². The second-order valence-electron chi connectivity index (χ2n) is 9.52. The van der Waals surface area contributed by atoms with E-state index in [1.54, 1.807) is 32.9 Å². The Balaban J connectivity index is 1.70. The minimum Gasteiger partial charge on any atom is -0.442 e. The number of benzene rings is 2. The number of rotatable bonds is 4. The van der Waals surface area contributed by atoms with E-state index in [-0.39, 0.29) is 22.6 Å². The van der Waals surface area contributed by atoms with E-state index in [0.717, 1.165) is 53.8 Å². The van der Waals surface area contributed by atoms with E-state index in [0.29, 0.717) is 0 Å². The van der Waals surface area contributed by atoms with Gasteiger partial charge in [-0.05, 0) is 62.7 Å². The number of nitrogens with zero attached hydrogens (tertiary/aromatic N) is 3. The molecule has 0 bridgehead atoms. The summed E-state index contributed by atoms with van der Waals surface area (Å²) in [6.45, 7) is 9.45. The van der Waals surface area contributed by atoms with Crippen molar-refractivity contribution in [2.24, 2.45) is 0 Å². The van der Waals surface area contributed by atoms with E-state index in [2.05, 4.69) is 16.9 Å². The zero-order valence-corrected chi connectivity index (χ0v) is 20.3. The van der Waals surface area contributed by atoms with Crippen LogP contribution in [0.1, 0.15) is 54.7 Å². The molecule has 36 heavy (non-hydrogen) atoms. The Morgan fingerprint density at radius 1 is 1.03 bits per heavy atom. The standard InChI is InChI=1S/C26H26F3N3O4/c1-5-31-13-17-9-10-20(12-18(17)14-31)35-23(33)21-15-32(24(34)36-25(2,3)4)30-22(21)16-7-6-8-19(11-16)26(27,28)29/h6-12,15H,5,13-14H2,1-4H3. The van der Waals surface area contributed by atoms with E-state index in [9.17, 15) is 22.8 Å². The molecular formula is C26H26F3N3O4. The molecule has 0 atom stereocenters. The van der Waals surface area contributed by atoms with Crippen molar-refractivity contribution in [3.05, 3.63) is 70.9 Å². The molecule has 7 nitrogen and oxygen atoms in total. The van der Waals surface area contributed by atoms with Crippen LogP contribution in [0.2, 0.25) is 0 Å². The monoisotopic (exact) mass is 501 g/mol. The molecule has 2 heterocycles. The Morgan fingerprint density at radius 2 is 1.75 bits per heavy atom. The molecular weight excluding hydrogens is 475 g/mol. The fraction of sp³-hybridized carbons (Fsp3) is 0.346. The summed E-state index contributed by atoms with van der Waals surface area (Å²) in [5, 5.41) is 4.10. The van der Waals surface area contributed by atoms with Crippen molar-refractivity contribution in [3.8, 4) is 17.0 Å². The van der Waals surface area contributed by atoms with E-state index in [1.807, 2.05) is 6.07 Å². The number of carbonyl (C=O) groups excluding carboxylic acids is 2. The minimum atomic E-state index is -4.60. The van der Waals surface area contributed by atoms with Crippen LogP contribution in [-0.2, 0) is 24.0 Å². The van der Waals surface area contributed by atoms with Crippen LogP contribution in [0, 0.1) is 0 Å². The van der Waals surface area contributed by atoms with Crippen LogP contribution in [0.4, 0.5) is 18.0 Å². The maximum Gasteiger partial charge on any atom is 0.435 e. The molecule has 1 aliphatic rings. The smallest absolute Gasteiger partial charge is 0.435 e. The van der Waals surface area contributed by atoms with Crippen LogP contribution >= 0.6 is 0 Å². The lowest BCUT2D eigenvalue weighted by Gasteiger charge is -2.18. The van der Waals surface area contributed by atoms with E-state index < -0.39 is 29.4 Å². The molecule has 0 saturated heterocycles. The first-order valence-corrected chi connectivity index (χ1v) is 11.4. The van der Waals surface area contributed by atoms with Gasteiger partial charge in [-0.15, -0.1) is 0 Å². The van der Waals surface area contributed by atoms with Crippen LogP contribution in [-0.4, -0.2) is 38.9 Å². The summed E-state index contributed by atoms with van der Waals surface area (Å²) < 4.78 is 51.6. The largest absolute Gasteiger partial charge is 0.442 e. The molecule has 0 fully saturated rings. The van der Waals surface area contributed by atoms with Crippen LogP contribution < -0.4 is 4.74 Å². The topological polar surface area (TPSA) is 73.7 Å². The van der Waals surface area contributed by atoms with Crippen molar-refractivity contribution in [1.82, 2.24) is 14.7 Å². The molecule has 4 rings (SSSR count). The molecule has 0 spiro atoms. The van der Waals surface area contributed by atoms with Gasteiger partial charge in [0.2, 0.25) is 0 Å². The number of hydrogen-bond donors (Lipinski definition) is 0. The quantitative estimate of drug-likeness (QED) is 0.327. The lowest BCUT2D eigenvalue weighted by molar-refractivity contribution is -0.137. The summed E-state index contributed by atoms with van der Waals surface area (Å²) in [6.07, 6.45) is -4.37. The summed E-state index contributed by atoms with van der Waals surface area (Å²) in [7, 11) is 0. The molecule has 0 aliphatic carbocycles. The minimum absolute atomic E-state index is 0.00613. The number of aromatic nitrogens is 2. The molecule has 1 aromatic heterocycles. The molecule has 0 saturated carbocycles. The average molecular weight is 502 g/mol. The van der Waals surface area contributed by atoms with Crippen molar-refractivity contribution < 1.29 is 32.2 Å². The first-order valence-electron chi connectivity index (χ1n) is 11.4. The SMILES string of the molecule is CCN1Cc2ccc(OC(=O)c3cn(C(=O)OC(C)(C)C)nc3-c3cccc(C(F)(F)F)c3)cc2C1. The van der Waals surface area contributed by atoms with Gasteiger partial charge in [0.15, 0.2) is 0 Å². The molecule has 0 amide bonds. The average Bonchev–Trinajstić information content (AvgIpc) is 3.42. The highest BCUT2D eigenvalue weighted by Crippen LogP contribution is 2.33. The predicted octanol–water partition coefficient (Wildman–Crippen LogP) is 5.91. The number of esters is 1. The van der Waals surface area contributed by atoms with Crippen molar-refractivity contribution in [2.45, 2.75) is 52.6 Å². The van der Waals surface area contributed by atoms with Gasteiger partial charge in [0.1, 0.15) is 22.6 Å². The van der Waals surface area contributed by atoms with Crippen molar-refractivity contribution in [1.29, 1.82) is 0 Å². The molecule has 190 valence electrons. The number of hydrogen-bond acceptors (Lipinski definition) is 6. The van der Waals surface area contributed by atoms with Crippen LogP contribution in [0.3, 0.4) is 0 Å². The number of fused-ring (bicyclic) bond motifs is 1. The van der Waals surface area contributed by atoms with Gasteiger partial charge in [-0.2, -0.15) is 23.0 Å². The Kier molecular flexibility index (Phi) is 6.66. The fourth-order valence-corrected chi connectivity index (χ4v) is 3.87. The van der Waals surface area contributed by atoms with Gasteiger partial charge in [-0.3, -0.25) is 4.90 Å². The Bertz CT molecular complexity index is 1310. The van der Waals surface area contributed by atoms with Gasteiger partial charge in [0, 0.05) is 18.7 Å². The third-order valence-electron chi connectivity index (χ3n) is 5.60.